The molecule has 144 valence electrons. The average Bonchev–Trinajstić information content (AvgIpc) is 2.79. The fraction of sp³-hybridized carbons (Fsp3) is 0.0500. The third-order valence-corrected chi connectivity index (χ3v) is 2.11. The molecule has 4 rings (SSSR count). The van der Waals surface area contributed by atoms with E-state index >= 15 is 0 Å². The first-order valence-electron chi connectivity index (χ1n) is 8.06. The van der Waals surface area contributed by atoms with Crippen LogP contribution in [0, 0.1) is 0 Å². The van der Waals surface area contributed by atoms with Crippen molar-refractivity contribution in [1.82, 2.24) is 30.4 Å². The molecule has 4 aromatic heterocycles. The van der Waals surface area contributed by atoms with Crippen LogP contribution in [-0.4, -0.2) is 41.4 Å². The summed E-state index contributed by atoms with van der Waals surface area (Å²) in [6, 6.07) is 18.9. The lowest BCUT2D eigenvalue weighted by Gasteiger charge is -1.70. The van der Waals surface area contributed by atoms with Gasteiger partial charge in [0, 0.05) is 44.1 Å². The molecule has 0 atom stereocenters. The topological polar surface area (TPSA) is 115 Å². The van der Waals surface area contributed by atoms with Gasteiger partial charge in [0.15, 0.2) is 0 Å². The Balaban J connectivity index is 0.000000328. The minimum Gasteiger partial charge on any atom is -0.481 e. The molecule has 8 heteroatoms. The summed E-state index contributed by atoms with van der Waals surface area (Å²) >= 11 is 0. The van der Waals surface area contributed by atoms with Crippen molar-refractivity contribution in [3.63, 3.8) is 0 Å². The van der Waals surface area contributed by atoms with Crippen LogP contribution in [0.2, 0.25) is 0 Å². The highest BCUT2D eigenvalue weighted by Crippen LogP contribution is 1.75. The molecule has 4 heterocycles. The minimum absolute atomic E-state index is 0.833. The molecule has 0 aliphatic heterocycles. The molecule has 0 unspecified atom stereocenters. The van der Waals surface area contributed by atoms with E-state index in [1.165, 1.54) is 0 Å². The number of carbonyl (C=O) groups is 1. The van der Waals surface area contributed by atoms with E-state index in [0.29, 0.717) is 0 Å². The number of hydrogen-bond donors (Lipinski definition) is 1. The monoisotopic (exact) mass is 378 g/mol. The molecule has 0 aliphatic carbocycles. The van der Waals surface area contributed by atoms with Crippen molar-refractivity contribution < 1.29 is 9.90 Å². The molecule has 0 bridgehead atoms. The van der Waals surface area contributed by atoms with Gasteiger partial charge < -0.3 is 5.11 Å². The van der Waals surface area contributed by atoms with Gasteiger partial charge in [-0.3, -0.25) is 19.7 Å². The maximum Gasteiger partial charge on any atom is 0.300 e. The molecule has 0 spiro atoms. The zero-order chi connectivity index (χ0) is 20.5. The Kier molecular flexibility index (Phi) is 17.9. The van der Waals surface area contributed by atoms with Crippen LogP contribution in [0.1, 0.15) is 6.92 Å². The molecule has 28 heavy (non-hydrogen) atoms. The highest BCUT2D eigenvalue weighted by Gasteiger charge is 1.65. The number of pyridine rings is 3. The number of nitrogens with zero attached hydrogens (tertiary/aromatic N) is 6. The zero-order valence-electron chi connectivity index (χ0n) is 15.4. The van der Waals surface area contributed by atoms with Crippen LogP contribution in [0.4, 0.5) is 0 Å². The first kappa shape index (κ1) is 23.9. The predicted octanol–water partition coefficient (Wildman–Crippen LogP) is 3.21. The molecule has 0 saturated carbocycles. The maximum absolute atomic E-state index is 9.00. The van der Waals surface area contributed by atoms with Crippen LogP contribution in [0.15, 0.2) is 110 Å². The number of carboxylic acid groups (broad SMARTS) is 1. The lowest BCUT2D eigenvalue weighted by atomic mass is 10.5. The normalized spacial score (nSPS) is 7.75. The standard InChI is InChI=1S/3C5H5N.C3H3N3.C2H4O2/c4*1-2-4-6-5-3-1;1-2(3)4/h3*1-5H;1-3H;1H3,(H,3,4). The second kappa shape index (κ2) is 21.0. The molecule has 0 amide bonds. The Morgan fingerprint density at radius 3 is 0.893 bits per heavy atom. The zero-order valence-corrected chi connectivity index (χ0v) is 15.4. The van der Waals surface area contributed by atoms with E-state index < -0.39 is 5.97 Å². The summed E-state index contributed by atoms with van der Waals surface area (Å²) < 4.78 is 0. The van der Waals surface area contributed by atoms with Crippen LogP contribution >= 0.6 is 0 Å². The van der Waals surface area contributed by atoms with E-state index in [1.54, 1.807) is 55.6 Å². The van der Waals surface area contributed by atoms with Crippen molar-refractivity contribution in [2.75, 3.05) is 0 Å². The average molecular weight is 378 g/mol. The van der Waals surface area contributed by atoms with Crippen molar-refractivity contribution in [3.05, 3.63) is 110 Å². The molecule has 1 N–H and O–H groups in total. The van der Waals surface area contributed by atoms with Crippen LogP contribution in [0.25, 0.3) is 0 Å². The van der Waals surface area contributed by atoms with Crippen molar-refractivity contribution in [2.24, 2.45) is 0 Å². The lowest BCUT2D eigenvalue weighted by Crippen LogP contribution is -1.78. The highest BCUT2D eigenvalue weighted by molar-refractivity contribution is 5.62. The third kappa shape index (κ3) is 24.2. The van der Waals surface area contributed by atoms with Gasteiger partial charge in [0.05, 0.1) is 12.4 Å². The molecule has 8 nitrogen and oxygen atoms in total. The van der Waals surface area contributed by atoms with Crippen LogP contribution in [0.3, 0.4) is 0 Å². The van der Waals surface area contributed by atoms with Crippen LogP contribution < -0.4 is 0 Å². The largest absolute Gasteiger partial charge is 0.481 e. The van der Waals surface area contributed by atoms with Gasteiger partial charge in [0.2, 0.25) is 0 Å². The van der Waals surface area contributed by atoms with Gasteiger partial charge in [-0.2, -0.15) is 0 Å². The number of aliphatic carboxylic acids is 1. The summed E-state index contributed by atoms with van der Waals surface area (Å²) in [6.07, 6.45) is 13.7. The Bertz CT molecular complexity index is 526. The van der Waals surface area contributed by atoms with Gasteiger partial charge in [0.25, 0.3) is 5.97 Å². The van der Waals surface area contributed by atoms with Gasteiger partial charge in [-0.05, 0) is 47.7 Å². The van der Waals surface area contributed by atoms with Crippen molar-refractivity contribution in [2.45, 2.75) is 6.92 Å². The number of aromatic nitrogens is 6. The number of hydrogen-bond acceptors (Lipinski definition) is 7. The van der Waals surface area contributed by atoms with Crippen LogP contribution in [0.5, 0.6) is 0 Å². The quantitative estimate of drug-likeness (QED) is 0.496. The first-order valence-corrected chi connectivity index (χ1v) is 8.06. The predicted molar refractivity (Wildman–Crippen MR) is 106 cm³/mol. The fourth-order valence-corrected chi connectivity index (χ4v) is 1.14. The van der Waals surface area contributed by atoms with E-state index in [-0.39, 0.29) is 0 Å². The van der Waals surface area contributed by atoms with E-state index in [9.17, 15) is 0 Å². The van der Waals surface area contributed by atoms with Gasteiger partial charge in [0.1, 0.15) is 0 Å². The molecular weight excluding hydrogens is 356 g/mol. The molecule has 4 aromatic rings. The summed E-state index contributed by atoms with van der Waals surface area (Å²) in [4.78, 5) is 20.4. The molecule has 0 aliphatic rings. The molecule has 0 saturated heterocycles. The van der Waals surface area contributed by atoms with E-state index in [4.69, 9.17) is 9.90 Å². The number of carboxylic acids is 1. The van der Waals surface area contributed by atoms with Crippen LogP contribution in [-0.2, 0) is 4.79 Å². The lowest BCUT2D eigenvalue weighted by molar-refractivity contribution is -0.134. The second-order valence-electron chi connectivity index (χ2n) is 4.40. The molecular formula is C20H22N6O2. The van der Waals surface area contributed by atoms with Gasteiger partial charge in [-0.25, -0.2) is 0 Å². The highest BCUT2D eigenvalue weighted by atomic mass is 16.4. The number of rotatable bonds is 0. The van der Waals surface area contributed by atoms with E-state index in [0.717, 1.165) is 6.92 Å². The minimum atomic E-state index is -0.833. The Morgan fingerprint density at radius 1 is 0.536 bits per heavy atom. The Hall–Kier alpha value is -4.07. The summed E-state index contributed by atoms with van der Waals surface area (Å²) in [5.74, 6) is -0.833. The van der Waals surface area contributed by atoms with Crippen molar-refractivity contribution in [1.29, 1.82) is 0 Å². The van der Waals surface area contributed by atoms with Gasteiger partial charge >= 0.3 is 0 Å². The van der Waals surface area contributed by atoms with Gasteiger partial charge in [-0.15, -0.1) is 10.2 Å². The fourth-order valence-electron chi connectivity index (χ4n) is 1.14. The molecule has 0 aromatic carbocycles. The summed E-state index contributed by atoms with van der Waals surface area (Å²) in [5, 5.41) is 17.5. The third-order valence-electron chi connectivity index (χ3n) is 2.11. The van der Waals surface area contributed by atoms with Gasteiger partial charge in [-0.1, -0.05) is 18.2 Å². The SMILES string of the molecule is CC(=O)O.c1ccncc1.c1ccncc1.c1ccncc1.c1cnnnc1. The van der Waals surface area contributed by atoms with Crippen molar-refractivity contribution in [3.8, 4) is 0 Å². The first-order chi connectivity index (χ1) is 13.7. The maximum atomic E-state index is 9.00. The van der Waals surface area contributed by atoms with E-state index in [2.05, 4.69) is 30.4 Å². The second-order valence-corrected chi connectivity index (χ2v) is 4.40. The Morgan fingerprint density at radius 2 is 0.821 bits per heavy atom. The van der Waals surface area contributed by atoms with E-state index in [1.807, 2.05) is 54.6 Å². The molecule has 0 radical (unpaired) electrons. The summed E-state index contributed by atoms with van der Waals surface area (Å²) in [7, 11) is 0. The van der Waals surface area contributed by atoms with Crippen molar-refractivity contribution >= 4 is 5.97 Å². The summed E-state index contributed by atoms with van der Waals surface area (Å²) in [6.45, 7) is 1.08. The smallest absolute Gasteiger partial charge is 0.300 e. The molecule has 0 fully saturated rings. The Labute approximate surface area is 164 Å². The summed E-state index contributed by atoms with van der Waals surface area (Å²) in [5.41, 5.74) is 0.